The molecule has 5 heteroatoms. The van der Waals surface area contributed by atoms with Crippen molar-refractivity contribution < 1.29 is 4.79 Å². The summed E-state index contributed by atoms with van der Waals surface area (Å²) in [7, 11) is 0. The number of nitrogens with one attached hydrogen (secondary N) is 1. The van der Waals surface area contributed by atoms with Crippen LogP contribution >= 0.6 is 23.4 Å². The zero-order valence-electron chi connectivity index (χ0n) is 11.1. The molecule has 0 aliphatic carbocycles. The summed E-state index contributed by atoms with van der Waals surface area (Å²) >= 11 is 7.50. The number of hydrogen-bond acceptors (Lipinski definition) is 3. The number of rotatable bonds is 4. The highest BCUT2D eigenvalue weighted by Crippen LogP contribution is 2.16. The van der Waals surface area contributed by atoms with E-state index in [2.05, 4.69) is 12.2 Å². The van der Waals surface area contributed by atoms with Crippen LogP contribution in [0.15, 0.2) is 24.3 Å². The Bertz CT molecular complexity index is 424. The summed E-state index contributed by atoms with van der Waals surface area (Å²) in [6.07, 6.45) is 0. The number of carbonyl (C=O) groups excluding carboxylic acids is 1. The van der Waals surface area contributed by atoms with Gasteiger partial charge in [0.25, 0.3) is 0 Å². The van der Waals surface area contributed by atoms with Crippen LogP contribution < -0.4 is 5.32 Å². The van der Waals surface area contributed by atoms with E-state index in [-0.39, 0.29) is 5.91 Å². The van der Waals surface area contributed by atoms with Crippen LogP contribution in [-0.2, 0) is 10.5 Å². The molecule has 1 aliphatic rings. The highest BCUT2D eigenvalue weighted by atomic mass is 35.5. The van der Waals surface area contributed by atoms with Gasteiger partial charge in [0.1, 0.15) is 0 Å². The molecule has 0 aromatic heterocycles. The number of nitrogens with zero attached hydrogens (tertiary/aromatic N) is 1. The van der Waals surface area contributed by atoms with Gasteiger partial charge in [-0.05, 0) is 24.6 Å². The molecule has 1 unspecified atom stereocenters. The van der Waals surface area contributed by atoms with E-state index in [1.54, 1.807) is 11.8 Å². The fourth-order valence-electron chi connectivity index (χ4n) is 2.09. The number of carbonyl (C=O) groups is 1. The van der Waals surface area contributed by atoms with E-state index in [0.717, 1.165) is 30.4 Å². The third-order valence-corrected chi connectivity index (χ3v) is 4.37. The number of halogens is 1. The van der Waals surface area contributed by atoms with Crippen molar-refractivity contribution in [3.05, 3.63) is 34.9 Å². The molecule has 1 saturated heterocycles. The second-order valence-electron chi connectivity index (χ2n) is 4.81. The molecule has 0 saturated carbocycles. The Balaban J connectivity index is 1.73. The third kappa shape index (κ3) is 4.71. The average Bonchev–Trinajstić information content (AvgIpc) is 2.41. The number of hydrogen-bond donors (Lipinski definition) is 1. The Morgan fingerprint density at radius 1 is 1.47 bits per heavy atom. The molecule has 1 amide bonds. The first-order valence-electron chi connectivity index (χ1n) is 6.48. The molecule has 2 rings (SSSR count). The molecule has 1 atom stereocenters. The topological polar surface area (TPSA) is 32.3 Å². The molecular formula is C14H19ClN2OS. The summed E-state index contributed by atoms with van der Waals surface area (Å²) in [6, 6.07) is 8.19. The summed E-state index contributed by atoms with van der Waals surface area (Å²) < 4.78 is 0. The highest BCUT2D eigenvalue weighted by molar-refractivity contribution is 7.99. The summed E-state index contributed by atoms with van der Waals surface area (Å²) in [5, 5.41) is 4.09. The lowest BCUT2D eigenvalue weighted by atomic mass is 10.2. The summed E-state index contributed by atoms with van der Waals surface area (Å²) in [5.41, 5.74) is 1.20. The van der Waals surface area contributed by atoms with Gasteiger partial charge in [-0.15, -0.1) is 11.8 Å². The predicted octanol–water partition coefficient (Wildman–Crippen LogP) is 2.39. The van der Waals surface area contributed by atoms with Crippen molar-refractivity contribution in [2.75, 3.05) is 25.4 Å². The van der Waals surface area contributed by atoms with Crippen molar-refractivity contribution in [1.82, 2.24) is 10.2 Å². The van der Waals surface area contributed by atoms with Crippen molar-refractivity contribution >= 4 is 29.3 Å². The fourth-order valence-corrected chi connectivity index (χ4v) is 3.10. The minimum absolute atomic E-state index is 0.243. The molecular weight excluding hydrogens is 280 g/mol. The zero-order chi connectivity index (χ0) is 13.7. The van der Waals surface area contributed by atoms with Gasteiger partial charge in [-0.1, -0.05) is 23.7 Å². The van der Waals surface area contributed by atoms with Gasteiger partial charge in [0.2, 0.25) is 5.91 Å². The van der Waals surface area contributed by atoms with Gasteiger partial charge < -0.3 is 10.2 Å². The van der Waals surface area contributed by atoms with Crippen LogP contribution in [0.4, 0.5) is 0 Å². The van der Waals surface area contributed by atoms with E-state index in [1.165, 1.54) is 5.56 Å². The Hall–Kier alpha value is -0.710. The van der Waals surface area contributed by atoms with Crippen molar-refractivity contribution in [1.29, 1.82) is 0 Å². The predicted molar refractivity (Wildman–Crippen MR) is 81.7 cm³/mol. The van der Waals surface area contributed by atoms with Gasteiger partial charge in [-0.2, -0.15) is 0 Å². The van der Waals surface area contributed by atoms with Gasteiger partial charge in [0, 0.05) is 36.5 Å². The van der Waals surface area contributed by atoms with Crippen LogP contribution in [0.25, 0.3) is 0 Å². The van der Waals surface area contributed by atoms with Gasteiger partial charge in [0.05, 0.1) is 5.75 Å². The van der Waals surface area contributed by atoms with Gasteiger partial charge in [-0.25, -0.2) is 0 Å². The molecule has 1 aliphatic heterocycles. The molecule has 104 valence electrons. The van der Waals surface area contributed by atoms with E-state index >= 15 is 0 Å². The minimum Gasteiger partial charge on any atom is -0.339 e. The van der Waals surface area contributed by atoms with Crippen LogP contribution in [0.1, 0.15) is 12.5 Å². The van der Waals surface area contributed by atoms with E-state index < -0.39 is 0 Å². The van der Waals surface area contributed by atoms with Crippen LogP contribution in [0.2, 0.25) is 5.02 Å². The minimum atomic E-state index is 0.243. The standard InChI is InChI=1S/C14H19ClN2OS/c1-11-8-17(7-6-16-11)14(18)10-19-9-12-2-4-13(15)5-3-12/h2-5,11,16H,6-10H2,1H3. The van der Waals surface area contributed by atoms with Crippen molar-refractivity contribution in [2.45, 2.75) is 18.7 Å². The zero-order valence-corrected chi connectivity index (χ0v) is 12.6. The van der Waals surface area contributed by atoms with E-state index in [9.17, 15) is 4.79 Å². The molecule has 0 radical (unpaired) electrons. The molecule has 19 heavy (non-hydrogen) atoms. The maximum atomic E-state index is 12.0. The number of amides is 1. The van der Waals surface area contributed by atoms with Crippen LogP contribution in [0.3, 0.4) is 0 Å². The Kier molecular flexibility index (Phi) is 5.55. The largest absolute Gasteiger partial charge is 0.339 e. The molecule has 0 spiro atoms. The van der Waals surface area contributed by atoms with E-state index in [0.29, 0.717) is 11.8 Å². The molecule has 0 bridgehead atoms. The van der Waals surface area contributed by atoms with Crippen molar-refractivity contribution in [2.24, 2.45) is 0 Å². The SMILES string of the molecule is CC1CN(C(=O)CSCc2ccc(Cl)cc2)CCN1. The van der Waals surface area contributed by atoms with Crippen molar-refractivity contribution in [3.8, 4) is 0 Å². The lowest BCUT2D eigenvalue weighted by Gasteiger charge is -2.31. The van der Waals surface area contributed by atoms with Crippen LogP contribution in [-0.4, -0.2) is 42.2 Å². The molecule has 1 fully saturated rings. The van der Waals surface area contributed by atoms with E-state index in [1.807, 2.05) is 29.2 Å². The monoisotopic (exact) mass is 298 g/mol. The molecule has 1 aromatic carbocycles. The highest BCUT2D eigenvalue weighted by Gasteiger charge is 2.19. The molecule has 3 nitrogen and oxygen atoms in total. The molecule has 1 N–H and O–H groups in total. The normalized spacial score (nSPS) is 19.5. The van der Waals surface area contributed by atoms with Crippen LogP contribution in [0, 0.1) is 0 Å². The van der Waals surface area contributed by atoms with Crippen LogP contribution in [0.5, 0.6) is 0 Å². The summed E-state index contributed by atoms with van der Waals surface area (Å²) in [4.78, 5) is 14.0. The summed E-state index contributed by atoms with van der Waals surface area (Å²) in [5.74, 6) is 1.65. The first-order chi connectivity index (χ1) is 9.15. The fraction of sp³-hybridized carbons (Fsp3) is 0.500. The van der Waals surface area contributed by atoms with E-state index in [4.69, 9.17) is 11.6 Å². The number of benzene rings is 1. The molecule has 1 heterocycles. The number of piperazine rings is 1. The average molecular weight is 299 g/mol. The smallest absolute Gasteiger partial charge is 0.232 e. The maximum Gasteiger partial charge on any atom is 0.232 e. The second-order valence-corrected chi connectivity index (χ2v) is 6.24. The third-order valence-electron chi connectivity index (χ3n) is 3.13. The second kappa shape index (κ2) is 7.17. The lowest BCUT2D eigenvalue weighted by molar-refractivity contribution is -0.129. The Morgan fingerprint density at radius 3 is 2.89 bits per heavy atom. The first-order valence-corrected chi connectivity index (χ1v) is 8.02. The van der Waals surface area contributed by atoms with Gasteiger partial charge in [0.15, 0.2) is 0 Å². The first kappa shape index (κ1) is 14.7. The van der Waals surface area contributed by atoms with Gasteiger partial charge in [-0.3, -0.25) is 4.79 Å². The van der Waals surface area contributed by atoms with Gasteiger partial charge >= 0.3 is 0 Å². The lowest BCUT2D eigenvalue weighted by Crippen LogP contribution is -2.51. The van der Waals surface area contributed by atoms with Crippen molar-refractivity contribution in [3.63, 3.8) is 0 Å². The summed E-state index contributed by atoms with van der Waals surface area (Å²) in [6.45, 7) is 4.65. The molecule has 1 aromatic rings. The maximum absolute atomic E-state index is 12.0. The Labute approximate surface area is 123 Å². The Morgan fingerprint density at radius 2 is 2.21 bits per heavy atom. The quantitative estimate of drug-likeness (QED) is 0.926. The number of thioether (sulfide) groups is 1.